The maximum atomic E-state index is 13.2. The summed E-state index contributed by atoms with van der Waals surface area (Å²) in [6, 6.07) is 2.64. The number of amides is 1. The number of carbonyl (C=O) groups is 1. The minimum atomic E-state index is -0.613. The summed E-state index contributed by atoms with van der Waals surface area (Å²) in [6.07, 6.45) is -0.576. The summed E-state index contributed by atoms with van der Waals surface area (Å²) < 4.78 is 23.7. The maximum absolute atomic E-state index is 13.2. The van der Waals surface area contributed by atoms with Crippen molar-refractivity contribution in [1.82, 2.24) is 0 Å². The van der Waals surface area contributed by atoms with Crippen molar-refractivity contribution < 1.29 is 18.7 Å². The van der Waals surface area contributed by atoms with Gasteiger partial charge in [-0.15, -0.1) is 0 Å². The number of hydrogen-bond donors (Lipinski definition) is 1. The van der Waals surface area contributed by atoms with Crippen LogP contribution in [-0.4, -0.2) is 26.4 Å². The zero-order valence-electron chi connectivity index (χ0n) is 10.4. The van der Waals surface area contributed by atoms with Gasteiger partial charge >= 0.3 is 0 Å². The highest BCUT2D eigenvalue weighted by atomic mass is 79.9. The van der Waals surface area contributed by atoms with Gasteiger partial charge in [-0.1, -0.05) is 0 Å². The summed E-state index contributed by atoms with van der Waals surface area (Å²) in [5.41, 5.74) is 1.10. The van der Waals surface area contributed by atoms with E-state index >= 15 is 0 Å². The number of anilines is 1. The number of halogens is 2. The fraction of sp³-hybridized carbons (Fsp3) is 0.417. The van der Waals surface area contributed by atoms with Crippen LogP contribution in [-0.2, 0) is 14.3 Å². The second-order valence-electron chi connectivity index (χ2n) is 3.74. The number of methoxy groups -OCH3 is 2. The zero-order valence-corrected chi connectivity index (χ0v) is 12.0. The Hall–Kier alpha value is -0.980. The van der Waals surface area contributed by atoms with Crippen molar-refractivity contribution in [3.05, 3.63) is 28.0 Å². The highest BCUT2D eigenvalue weighted by Gasteiger charge is 2.14. The van der Waals surface area contributed by atoms with Gasteiger partial charge in [0.15, 0.2) is 6.29 Å². The lowest BCUT2D eigenvalue weighted by atomic mass is 10.2. The molecule has 1 aromatic carbocycles. The molecule has 100 valence electrons. The van der Waals surface area contributed by atoms with Crippen LogP contribution >= 0.6 is 15.9 Å². The van der Waals surface area contributed by atoms with Gasteiger partial charge in [-0.3, -0.25) is 4.79 Å². The second-order valence-corrected chi connectivity index (χ2v) is 4.53. The molecule has 0 aromatic heterocycles. The molecule has 0 radical (unpaired) electrons. The third-order valence-corrected chi connectivity index (χ3v) is 3.42. The van der Waals surface area contributed by atoms with Gasteiger partial charge in [-0.2, -0.15) is 0 Å². The number of aryl methyl sites for hydroxylation is 1. The van der Waals surface area contributed by atoms with Crippen molar-refractivity contribution in [2.24, 2.45) is 0 Å². The van der Waals surface area contributed by atoms with Gasteiger partial charge in [-0.25, -0.2) is 4.39 Å². The number of hydrogen-bond acceptors (Lipinski definition) is 3. The molecular weight excluding hydrogens is 305 g/mol. The standard InChI is InChI=1S/C12H15BrFNO3/c1-7-4-8(14)5-9(12(7)13)15-10(16)6-11(17-2)18-3/h4-5,11H,6H2,1-3H3,(H,15,16). The molecule has 6 heteroatoms. The van der Waals surface area contributed by atoms with Crippen molar-refractivity contribution in [3.63, 3.8) is 0 Å². The van der Waals surface area contributed by atoms with E-state index in [9.17, 15) is 9.18 Å². The molecule has 1 N–H and O–H groups in total. The van der Waals surface area contributed by atoms with E-state index in [0.29, 0.717) is 15.7 Å². The topological polar surface area (TPSA) is 47.6 Å². The molecule has 0 fully saturated rings. The SMILES string of the molecule is COC(CC(=O)Nc1cc(F)cc(C)c1Br)OC. The Morgan fingerprint density at radius 1 is 1.44 bits per heavy atom. The van der Waals surface area contributed by atoms with E-state index in [1.165, 1.54) is 26.4 Å². The summed E-state index contributed by atoms with van der Waals surface area (Å²) in [5.74, 6) is -0.713. The van der Waals surface area contributed by atoms with Crippen LogP contribution in [0.2, 0.25) is 0 Å². The van der Waals surface area contributed by atoms with Crippen molar-refractivity contribution in [2.75, 3.05) is 19.5 Å². The molecule has 4 nitrogen and oxygen atoms in total. The van der Waals surface area contributed by atoms with E-state index < -0.39 is 12.1 Å². The average molecular weight is 320 g/mol. The number of ether oxygens (including phenoxy) is 2. The Bertz CT molecular complexity index is 436. The monoisotopic (exact) mass is 319 g/mol. The molecule has 0 saturated carbocycles. The summed E-state index contributed by atoms with van der Waals surface area (Å²) in [5, 5.41) is 2.61. The van der Waals surface area contributed by atoms with Crippen molar-refractivity contribution in [1.29, 1.82) is 0 Å². The summed E-state index contributed by atoms with van der Waals surface area (Å²) in [7, 11) is 2.90. The van der Waals surface area contributed by atoms with E-state index in [0.717, 1.165) is 0 Å². The molecule has 1 aromatic rings. The van der Waals surface area contributed by atoms with E-state index in [-0.39, 0.29) is 12.3 Å². The Morgan fingerprint density at radius 3 is 2.61 bits per heavy atom. The second kappa shape index (κ2) is 6.82. The maximum Gasteiger partial charge on any atom is 0.229 e. The lowest BCUT2D eigenvalue weighted by Gasteiger charge is -2.14. The first-order valence-electron chi connectivity index (χ1n) is 5.29. The Balaban J connectivity index is 2.76. The Kier molecular flexibility index (Phi) is 5.71. The van der Waals surface area contributed by atoms with Crippen LogP contribution in [0.25, 0.3) is 0 Å². The zero-order chi connectivity index (χ0) is 13.7. The minimum Gasteiger partial charge on any atom is -0.355 e. The van der Waals surface area contributed by atoms with Crippen LogP contribution in [0.4, 0.5) is 10.1 Å². The first-order chi connectivity index (χ1) is 8.47. The predicted molar refractivity (Wildman–Crippen MR) is 69.9 cm³/mol. The van der Waals surface area contributed by atoms with Crippen LogP contribution in [0.5, 0.6) is 0 Å². The molecule has 18 heavy (non-hydrogen) atoms. The van der Waals surface area contributed by atoms with Gasteiger partial charge in [0.1, 0.15) is 5.82 Å². The molecule has 0 unspecified atom stereocenters. The molecule has 0 saturated heterocycles. The van der Waals surface area contributed by atoms with Crippen LogP contribution in [0, 0.1) is 12.7 Å². The molecule has 0 spiro atoms. The van der Waals surface area contributed by atoms with Gasteiger partial charge < -0.3 is 14.8 Å². The molecule has 0 bridgehead atoms. The lowest BCUT2D eigenvalue weighted by molar-refractivity contribution is -0.134. The largest absolute Gasteiger partial charge is 0.355 e. The van der Waals surface area contributed by atoms with Crippen LogP contribution in [0.15, 0.2) is 16.6 Å². The smallest absolute Gasteiger partial charge is 0.229 e. The van der Waals surface area contributed by atoms with Gasteiger partial charge in [-0.05, 0) is 40.5 Å². The number of carbonyl (C=O) groups excluding carboxylic acids is 1. The minimum absolute atomic E-state index is 0.0367. The highest BCUT2D eigenvalue weighted by molar-refractivity contribution is 9.10. The van der Waals surface area contributed by atoms with E-state index in [4.69, 9.17) is 9.47 Å². The normalized spacial score (nSPS) is 10.8. The Morgan fingerprint density at radius 2 is 2.06 bits per heavy atom. The van der Waals surface area contributed by atoms with Crippen molar-refractivity contribution >= 4 is 27.5 Å². The van der Waals surface area contributed by atoms with Gasteiger partial charge in [0.25, 0.3) is 0 Å². The van der Waals surface area contributed by atoms with E-state index in [1.54, 1.807) is 6.92 Å². The first kappa shape index (κ1) is 15.1. The molecule has 0 aliphatic heterocycles. The molecule has 0 aliphatic carbocycles. The Labute approximate surface area is 114 Å². The van der Waals surface area contributed by atoms with Crippen LogP contribution < -0.4 is 5.32 Å². The van der Waals surface area contributed by atoms with E-state index in [1.807, 2.05) is 0 Å². The lowest BCUT2D eigenvalue weighted by Crippen LogP contribution is -2.23. The van der Waals surface area contributed by atoms with Gasteiger partial charge in [0, 0.05) is 18.7 Å². The van der Waals surface area contributed by atoms with Gasteiger partial charge in [0.05, 0.1) is 12.1 Å². The fourth-order valence-electron chi connectivity index (χ4n) is 1.43. The number of nitrogens with one attached hydrogen (secondary N) is 1. The fourth-order valence-corrected chi connectivity index (χ4v) is 1.76. The van der Waals surface area contributed by atoms with Crippen LogP contribution in [0.1, 0.15) is 12.0 Å². The number of rotatable bonds is 5. The third kappa shape index (κ3) is 4.04. The summed E-state index contributed by atoms with van der Waals surface area (Å²) in [4.78, 5) is 11.7. The third-order valence-electron chi connectivity index (χ3n) is 2.37. The molecule has 1 amide bonds. The number of benzene rings is 1. The van der Waals surface area contributed by atoms with Crippen LogP contribution in [0.3, 0.4) is 0 Å². The highest BCUT2D eigenvalue weighted by Crippen LogP contribution is 2.27. The average Bonchev–Trinajstić information content (AvgIpc) is 2.32. The molecule has 0 atom stereocenters. The summed E-state index contributed by atoms with van der Waals surface area (Å²) in [6.45, 7) is 1.75. The van der Waals surface area contributed by atoms with Gasteiger partial charge in [0.2, 0.25) is 5.91 Å². The summed E-state index contributed by atoms with van der Waals surface area (Å²) >= 11 is 3.30. The van der Waals surface area contributed by atoms with E-state index in [2.05, 4.69) is 21.2 Å². The molecule has 0 heterocycles. The first-order valence-corrected chi connectivity index (χ1v) is 6.08. The molecular formula is C12H15BrFNO3. The predicted octanol–water partition coefficient (Wildman–Crippen LogP) is 2.84. The quantitative estimate of drug-likeness (QED) is 0.849. The van der Waals surface area contributed by atoms with Crippen molar-refractivity contribution in [2.45, 2.75) is 19.6 Å². The van der Waals surface area contributed by atoms with Crippen molar-refractivity contribution in [3.8, 4) is 0 Å². The molecule has 0 aliphatic rings. The molecule has 1 rings (SSSR count).